The average molecular weight is 370 g/mol. The van der Waals surface area contributed by atoms with Gasteiger partial charge in [-0.05, 0) is 26.0 Å². The van der Waals surface area contributed by atoms with Gasteiger partial charge < -0.3 is 14.5 Å². The standard InChI is InChI=1S/C13H14N2O6S.2Na/c1-8-10(13(2,12(17)18)22(19,20)21)11(16)15(14-8)9-6-4-3-5-7-9;;/h3-7,10H,1-2H3,(H,17,18)(H,19,20,21);;/q;2*+1/p-2. The second-order valence-corrected chi connectivity index (χ2v) is 6.76. The molecule has 2 unspecified atom stereocenters. The molecule has 8 nitrogen and oxygen atoms in total. The first kappa shape index (κ1) is 23.7. The van der Waals surface area contributed by atoms with E-state index in [9.17, 15) is 27.7 Å². The first-order chi connectivity index (χ1) is 10.1. The van der Waals surface area contributed by atoms with Crippen molar-refractivity contribution in [1.29, 1.82) is 0 Å². The number of carboxylic acid groups (broad SMARTS) is 1. The van der Waals surface area contributed by atoms with E-state index in [0.717, 1.165) is 5.01 Å². The summed E-state index contributed by atoms with van der Waals surface area (Å²) in [7, 11) is -5.36. The Hall–Kier alpha value is -0.260. The van der Waals surface area contributed by atoms with Crippen molar-refractivity contribution in [1.82, 2.24) is 0 Å². The van der Waals surface area contributed by atoms with Gasteiger partial charge in [-0.3, -0.25) is 4.79 Å². The molecule has 0 saturated carbocycles. The van der Waals surface area contributed by atoms with E-state index in [-0.39, 0.29) is 64.8 Å². The molecule has 1 aliphatic rings. The predicted octanol–water partition coefficient (Wildman–Crippen LogP) is -6.91. The average Bonchev–Trinajstić information content (AvgIpc) is 2.73. The Morgan fingerprint density at radius 2 is 1.75 bits per heavy atom. The quantitative estimate of drug-likeness (QED) is 0.382. The molecule has 1 aromatic carbocycles. The molecule has 1 heterocycles. The third-order valence-corrected chi connectivity index (χ3v) is 5.05. The number of carbonyl (C=O) groups excluding carboxylic acids is 2. The van der Waals surface area contributed by atoms with Crippen LogP contribution in [0.4, 0.5) is 5.69 Å². The zero-order valence-electron chi connectivity index (χ0n) is 13.7. The van der Waals surface area contributed by atoms with Gasteiger partial charge in [-0.15, -0.1) is 0 Å². The molecule has 0 fully saturated rings. The SMILES string of the molecule is CC1=NN(c2ccccc2)C(=O)C1C(C)(C(=O)[O-])S(=O)(=O)[O-].[Na+].[Na+]. The molecule has 1 amide bonds. The summed E-state index contributed by atoms with van der Waals surface area (Å²) in [6, 6.07) is 8.04. The maximum absolute atomic E-state index is 12.4. The smallest absolute Gasteiger partial charge is 0.747 e. The van der Waals surface area contributed by atoms with Crippen LogP contribution in [0, 0.1) is 5.92 Å². The second-order valence-electron chi connectivity index (χ2n) is 5.01. The molecule has 0 aromatic heterocycles. The van der Waals surface area contributed by atoms with Gasteiger partial charge in [0.15, 0.2) is 0 Å². The summed E-state index contributed by atoms with van der Waals surface area (Å²) in [6.45, 7) is 1.96. The van der Waals surface area contributed by atoms with E-state index < -0.39 is 32.7 Å². The molecule has 1 aromatic rings. The van der Waals surface area contributed by atoms with Crippen LogP contribution in [0.1, 0.15) is 13.8 Å². The minimum absolute atomic E-state index is 0. The topological polar surface area (TPSA) is 130 Å². The number of hydrogen-bond acceptors (Lipinski definition) is 7. The van der Waals surface area contributed by atoms with Crippen LogP contribution in [0.25, 0.3) is 0 Å². The Balaban J connectivity index is 0.00000264. The molecule has 2 rings (SSSR count). The summed E-state index contributed by atoms with van der Waals surface area (Å²) >= 11 is 0. The summed E-state index contributed by atoms with van der Waals surface area (Å²) < 4.78 is 31.3. The molecule has 1 aliphatic heterocycles. The van der Waals surface area contributed by atoms with Crippen LogP contribution >= 0.6 is 0 Å². The Bertz CT molecular complexity index is 768. The van der Waals surface area contributed by atoms with E-state index in [1.54, 1.807) is 30.3 Å². The van der Waals surface area contributed by atoms with E-state index in [0.29, 0.717) is 12.6 Å². The van der Waals surface area contributed by atoms with Gasteiger partial charge in [0.2, 0.25) is 0 Å². The number of rotatable bonds is 4. The van der Waals surface area contributed by atoms with Gasteiger partial charge in [-0.2, -0.15) is 5.10 Å². The molecule has 0 aliphatic carbocycles. The largest absolute Gasteiger partial charge is 1.00 e. The van der Waals surface area contributed by atoms with E-state index in [1.807, 2.05) is 0 Å². The van der Waals surface area contributed by atoms with Crippen molar-refractivity contribution in [3.8, 4) is 0 Å². The van der Waals surface area contributed by atoms with Gasteiger partial charge in [-0.25, -0.2) is 13.4 Å². The number of carboxylic acids is 1. The molecule has 0 spiro atoms. The number of anilines is 1. The zero-order valence-corrected chi connectivity index (χ0v) is 18.5. The fourth-order valence-corrected chi connectivity index (χ4v) is 3.08. The van der Waals surface area contributed by atoms with Crippen LogP contribution in [-0.2, 0) is 19.7 Å². The van der Waals surface area contributed by atoms with Crippen molar-refractivity contribution in [3.05, 3.63) is 30.3 Å². The van der Waals surface area contributed by atoms with Crippen LogP contribution in [0.15, 0.2) is 35.4 Å². The summed E-state index contributed by atoms with van der Waals surface area (Å²) in [4.78, 5) is 23.7. The van der Waals surface area contributed by atoms with Crippen LogP contribution < -0.4 is 69.2 Å². The molecule has 0 N–H and O–H groups in total. The Labute approximate surface area is 183 Å². The van der Waals surface area contributed by atoms with Crippen molar-refractivity contribution < 1.29 is 86.8 Å². The molecule has 0 radical (unpaired) electrons. The maximum atomic E-state index is 12.4. The summed E-state index contributed by atoms with van der Waals surface area (Å²) in [5.41, 5.74) is 0.248. The fraction of sp³-hybridized carbons (Fsp3) is 0.308. The number of hydrogen-bond donors (Lipinski definition) is 0. The third-order valence-electron chi connectivity index (χ3n) is 3.61. The zero-order chi connectivity index (χ0) is 16.7. The number of amides is 1. The number of aliphatic carboxylic acids is 1. The van der Waals surface area contributed by atoms with Crippen LogP contribution in [0.2, 0.25) is 0 Å². The molecular weight excluding hydrogens is 358 g/mol. The Morgan fingerprint density at radius 1 is 1.25 bits per heavy atom. The Kier molecular flexibility index (Phi) is 8.32. The van der Waals surface area contributed by atoms with Gasteiger partial charge >= 0.3 is 59.1 Å². The van der Waals surface area contributed by atoms with Crippen LogP contribution in [0.3, 0.4) is 0 Å². The number of nitrogens with zero attached hydrogens (tertiary/aromatic N) is 2. The minimum atomic E-state index is -5.36. The van der Waals surface area contributed by atoms with Crippen LogP contribution in [0.5, 0.6) is 0 Å². The minimum Gasteiger partial charge on any atom is -0.747 e. The molecule has 2 atom stereocenters. The first-order valence-corrected chi connectivity index (χ1v) is 7.62. The van der Waals surface area contributed by atoms with Crippen molar-refractivity contribution >= 4 is 33.4 Å². The molecular formula is C13H12N2Na2O6S. The molecule has 0 saturated heterocycles. The van der Waals surface area contributed by atoms with Gasteiger partial charge in [-0.1, -0.05) is 18.2 Å². The van der Waals surface area contributed by atoms with E-state index in [2.05, 4.69) is 5.10 Å². The monoisotopic (exact) mass is 370 g/mol. The molecule has 0 bridgehead atoms. The van der Waals surface area contributed by atoms with Gasteiger partial charge in [0.05, 0.1) is 17.4 Å². The van der Waals surface area contributed by atoms with Gasteiger partial charge in [0.25, 0.3) is 5.91 Å². The number of para-hydroxylation sites is 1. The number of carbonyl (C=O) groups is 2. The predicted molar refractivity (Wildman–Crippen MR) is 73.6 cm³/mol. The Morgan fingerprint density at radius 3 is 2.17 bits per heavy atom. The number of hydrazone groups is 1. The van der Waals surface area contributed by atoms with Crippen molar-refractivity contribution in [2.45, 2.75) is 18.6 Å². The summed E-state index contributed by atoms with van der Waals surface area (Å²) in [5.74, 6) is -4.78. The van der Waals surface area contributed by atoms with Crippen molar-refractivity contribution in [3.63, 3.8) is 0 Å². The number of benzene rings is 1. The molecule has 11 heteroatoms. The van der Waals surface area contributed by atoms with Crippen LogP contribution in [-0.4, -0.2) is 35.3 Å². The summed E-state index contributed by atoms with van der Waals surface area (Å²) in [5, 5.41) is 16.0. The molecule has 118 valence electrons. The van der Waals surface area contributed by atoms with E-state index >= 15 is 0 Å². The third kappa shape index (κ3) is 3.94. The second kappa shape index (κ2) is 8.41. The summed E-state index contributed by atoms with van der Waals surface area (Å²) in [6.07, 6.45) is 0. The van der Waals surface area contributed by atoms with Gasteiger partial charge in [0, 0.05) is 0 Å². The van der Waals surface area contributed by atoms with Crippen molar-refractivity contribution in [2.75, 3.05) is 5.01 Å². The maximum Gasteiger partial charge on any atom is 1.00 e. The first-order valence-electron chi connectivity index (χ1n) is 6.21. The van der Waals surface area contributed by atoms with Gasteiger partial charge in [0.1, 0.15) is 20.8 Å². The van der Waals surface area contributed by atoms with E-state index in [1.165, 1.54) is 6.92 Å². The normalized spacial score (nSPS) is 19.6. The van der Waals surface area contributed by atoms with Crippen molar-refractivity contribution in [2.24, 2.45) is 11.0 Å². The molecule has 24 heavy (non-hydrogen) atoms. The fourth-order valence-electron chi connectivity index (χ4n) is 2.32. The van der Waals surface area contributed by atoms with E-state index in [4.69, 9.17) is 0 Å².